The Morgan fingerprint density at radius 2 is 2.00 bits per heavy atom. The normalized spacial score (nSPS) is 10.9. The monoisotopic (exact) mass is 247 g/mol. The van der Waals surface area contributed by atoms with Crippen LogP contribution in [0.2, 0.25) is 0 Å². The fourth-order valence-corrected chi connectivity index (χ4v) is 1.20. The first-order valence-corrected chi connectivity index (χ1v) is 5.39. The molecule has 0 saturated heterocycles. The first-order valence-electron chi connectivity index (χ1n) is 5.39. The third-order valence-electron chi connectivity index (χ3n) is 2.02. The van der Waals surface area contributed by atoms with Crippen molar-refractivity contribution in [3.05, 3.63) is 58.2 Å². The molecule has 1 rings (SSSR count). The Morgan fingerprint density at radius 1 is 1.33 bits per heavy atom. The molecule has 5 heteroatoms. The molecule has 0 aliphatic carbocycles. The number of nitro groups is 1. The lowest BCUT2D eigenvalue weighted by atomic mass is 10.2. The number of esters is 1. The lowest BCUT2D eigenvalue weighted by molar-refractivity contribution is -0.384. The van der Waals surface area contributed by atoms with E-state index < -0.39 is 10.9 Å². The summed E-state index contributed by atoms with van der Waals surface area (Å²) in [6, 6.07) is 6.11. The number of rotatable bonds is 5. The van der Waals surface area contributed by atoms with E-state index in [1.165, 1.54) is 18.2 Å². The number of hydrogen-bond donors (Lipinski definition) is 0. The first kappa shape index (κ1) is 13.6. The highest BCUT2D eigenvalue weighted by Crippen LogP contribution is 2.12. The topological polar surface area (TPSA) is 69.4 Å². The summed E-state index contributed by atoms with van der Waals surface area (Å²) >= 11 is 0. The molecule has 0 aromatic heterocycles. The molecule has 94 valence electrons. The maximum atomic E-state index is 11.0. The van der Waals surface area contributed by atoms with E-state index in [-0.39, 0.29) is 5.69 Å². The van der Waals surface area contributed by atoms with Gasteiger partial charge < -0.3 is 4.74 Å². The van der Waals surface area contributed by atoms with Gasteiger partial charge >= 0.3 is 5.97 Å². The zero-order valence-electron chi connectivity index (χ0n) is 9.91. The second kappa shape index (κ2) is 7.01. The van der Waals surface area contributed by atoms with Crippen LogP contribution in [0.5, 0.6) is 0 Å². The molecule has 1 aromatic rings. The van der Waals surface area contributed by atoms with Crippen LogP contribution >= 0.6 is 0 Å². The van der Waals surface area contributed by atoms with Gasteiger partial charge in [-0.2, -0.15) is 0 Å². The Labute approximate surface area is 105 Å². The molecular formula is C13H13NO4. The average molecular weight is 247 g/mol. The van der Waals surface area contributed by atoms with Crippen LogP contribution in [-0.2, 0) is 9.53 Å². The molecule has 0 aliphatic rings. The van der Waals surface area contributed by atoms with Gasteiger partial charge in [0.15, 0.2) is 0 Å². The van der Waals surface area contributed by atoms with Crippen molar-refractivity contribution < 1.29 is 14.5 Å². The van der Waals surface area contributed by atoms with E-state index in [9.17, 15) is 14.9 Å². The number of non-ortho nitro benzene ring substituents is 1. The van der Waals surface area contributed by atoms with Gasteiger partial charge in [-0.05, 0) is 24.6 Å². The largest absolute Gasteiger partial charge is 0.463 e. The summed E-state index contributed by atoms with van der Waals surface area (Å²) < 4.78 is 4.70. The molecule has 0 fully saturated rings. The molecule has 0 amide bonds. The lowest BCUT2D eigenvalue weighted by Gasteiger charge is -1.93. The van der Waals surface area contributed by atoms with Crippen molar-refractivity contribution in [1.82, 2.24) is 0 Å². The predicted octanol–water partition coefficient (Wildman–Crippen LogP) is 2.73. The molecule has 0 saturated carbocycles. The lowest BCUT2D eigenvalue weighted by Crippen LogP contribution is -1.98. The third kappa shape index (κ3) is 4.61. The maximum Gasteiger partial charge on any atom is 0.330 e. The maximum absolute atomic E-state index is 11.0. The predicted molar refractivity (Wildman–Crippen MR) is 67.9 cm³/mol. The number of nitro benzene ring substituents is 1. The number of carbonyl (C=O) groups is 1. The molecule has 0 bridgehead atoms. The third-order valence-corrected chi connectivity index (χ3v) is 2.02. The number of ether oxygens (including phenoxy) is 1. The fraction of sp³-hybridized carbons (Fsp3) is 0.154. The summed E-state index contributed by atoms with van der Waals surface area (Å²) in [6.07, 6.45) is 6.27. The van der Waals surface area contributed by atoms with Crippen LogP contribution in [-0.4, -0.2) is 17.5 Å². The van der Waals surface area contributed by atoms with E-state index in [0.717, 1.165) is 5.56 Å². The summed E-state index contributed by atoms with van der Waals surface area (Å²) in [7, 11) is 0. The fourth-order valence-electron chi connectivity index (χ4n) is 1.20. The van der Waals surface area contributed by atoms with E-state index in [4.69, 9.17) is 4.74 Å². The summed E-state index contributed by atoms with van der Waals surface area (Å²) in [5.74, 6) is -0.397. The van der Waals surface area contributed by atoms with Gasteiger partial charge in [-0.25, -0.2) is 4.79 Å². The standard InChI is InChI=1S/C13H13NO4/c1-2-18-13(15)6-4-3-5-11-7-9-12(10-8-11)14(16)17/h3-10H,2H2,1H3. The Kier molecular flexibility index (Phi) is 5.31. The summed E-state index contributed by atoms with van der Waals surface area (Å²) in [6.45, 7) is 2.08. The number of allylic oxidation sites excluding steroid dienone is 2. The summed E-state index contributed by atoms with van der Waals surface area (Å²) in [4.78, 5) is 20.9. The van der Waals surface area contributed by atoms with E-state index in [0.29, 0.717) is 6.61 Å². The summed E-state index contributed by atoms with van der Waals surface area (Å²) in [5.41, 5.74) is 0.864. The minimum Gasteiger partial charge on any atom is -0.463 e. The number of benzene rings is 1. The highest BCUT2D eigenvalue weighted by Gasteiger charge is 2.01. The molecule has 1 aromatic carbocycles. The van der Waals surface area contributed by atoms with Gasteiger partial charge in [-0.3, -0.25) is 10.1 Å². The molecule has 18 heavy (non-hydrogen) atoms. The molecule has 0 heterocycles. The van der Waals surface area contributed by atoms with Crippen molar-refractivity contribution in [3.8, 4) is 0 Å². The van der Waals surface area contributed by atoms with E-state index in [1.54, 1.807) is 37.3 Å². The minimum absolute atomic E-state index is 0.0502. The quantitative estimate of drug-likeness (QED) is 0.264. The second-order valence-corrected chi connectivity index (χ2v) is 3.32. The van der Waals surface area contributed by atoms with Crippen molar-refractivity contribution in [3.63, 3.8) is 0 Å². The van der Waals surface area contributed by atoms with Gasteiger partial charge in [-0.1, -0.05) is 18.2 Å². The van der Waals surface area contributed by atoms with Crippen molar-refractivity contribution in [2.24, 2.45) is 0 Å². The van der Waals surface area contributed by atoms with Crippen molar-refractivity contribution in [2.75, 3.05) is 6.61 Å². The van der Waals surface area contributed by atoms with Gasteiger partial charge in [0.05, 0.1) is 11.5 Å². The van der Waals surface area contributed by atoms with Gasteiger partial charge in [0.2, 0.25) is 0 Å². The molecule has 0 spiro atoms. The van der Waals surface area contributed by atoms with Crippen LogP contribution in [0.1, 0.15) is 12.5 Å². The molecule has 0 radical (unpaired) electrons. The van der Waals surface area contributed by atoms with Gasteiger partial charge in [0, 0.05) is 18.2 Å². The van der Waals surface area contributed by atoms with Crippen molar-refractivity contribution in [1.29, 1.82) is 0 Å². The molecule has 0 atom stereocenters. The number of hydrogen-bond acceptors (Lipinski definition) is 4. The van der Waals surface area contributed by atoms with Crippen LogP contribution in [0.3, 0.4) is 0 Å². The summed E-state index contributed by atoms with van der Waals surface area (Å²) in [5, 5.41) is 10.4. The first-order chi connectivity index (χ1) is 8.63. The van der Waals surface area contributed by atoms with Crippen LogP contribution in [0.4, 0.5) is 5.69 Å². The van der Waals surface area contributed by atoms with Crippen molar-refractivity contribution in [2.45, 2.75) is 6.92 Å². The zero-order chi connectivity index (χ0) is 13.4. The smallest absolute Gasteiger partial charge is 0.330 e. The molecule has 5 nitrogen and oxygen atoms in total. The van der Waals surface area contributed by atoms with E-state index in [1.807, 2.05) is 0 Å². The zero-order valence-corrected chi connectivity index (χ0v) is 9.91. The molecule has 0 unspecified atom stereocenters. The SMILES string of the molecule is CCOC(=O)C=CC=Cc1ccc([N+](=O)[O-])cc1. The van der Waals surface area contributed by atoms with Gasteiger partial charge in [0.1, 0.15) is 0 Å². The van der Waals surface area contributed by atoms with Gasteiger partial charge in [0.25, 0.3) is 5.69 Å². The molecule has 0 aliphatic heterocycles. The van der Waals surface area contributed by atoms with E-state index in [2.05, 4.69) is 0 Å². The Morgan fingerprint density at radius 3 is 2.56 bits per heavy atom. The highest BCUT2D eigenvalue weighted by atomic mass is 16.6. The Balaban J connectivity index is 2.57. The van der Waals surface area contributed by atoms with Crippen LogP contribution in [0.15, 0.2) is 42.5 Å². The van der Waals surface area contributed by atoms with Crippen LogP contribution in [0.25, 0.3) is 6.08 Å². The average Bonchev–Trinajstić information content (AvgIpc) is 2.35. The molecule has 0 N–H and O–H groups in total. The van der Waals surface area contributed by atoms with Crippen LogP contribution in [0, 0.1) is 10.1 Å². The number of carbonyl (C=O) groups excluding carboxylic acids is 1. The van der Waals surface area contributed by atoms with E-state index >= 15 is 0 Å². The second-order valence-electron chi connectivity index (χ2n) is 3.32. The highest BCUT2D eigenvalue weighted by molar-refractivity contribution is 5.82. The Hall–Kier alpha value is -2.43. The van der Waals surface area contributed by atoms with Gasteiger partial charge in [-0.15, -0.1) is 0 Å². The van der Waals surface area contributed by atoms with Crippen LogP contribution < -0.4 is 0 Å². The minimum atomic E-state index is -0.450. The van der Waals surface area contributed by atoms with Crippen molar-refractivity contribution >= 4 is 17.7 Å². The number of nitrogens with zero attached hydrogens (tertiary/aromatic N) is 1. The Bertz CT molecular complexity index is 474. The molecular weight excluding hydrogens is 234 g/mol.